The highest BCUT2D eigenvalue weighted by Crippen LogP contribution is 2.36. The number of pyridine rings is 1. The van der Waals surface area contributed by atoms with Gasteiger partial charge in [-0.15, -0.1) is 0 Å². The van der Waals surface area contributed by atoms with Gasteiger partial charge < -0.3 is 20.5 Å². The van der Waals surface area contributed by atoms with Crippen LogP contribution < -0.4 is 10.6 Å². The number of carboxylic acids is 1. The van der Waals surface area contributed by atoms with E-state index in [1.807, 2.05) is 0 Å². The van der Waals surface area contributed by atoms with Crippen LogP contribution in [0.5, 0.6) is 0 Å². The third kappa shape index (κ3) is 3.19. The zero-order valence-electron chi connectivity index (χ0n) is 11.9. The fourth-order valence-corrected chi connectivity index (χ4v) is 2.35. The first kappa shape index (κ1) is 14.6. The van der Waals surface area contributed by atoms with Gasteiger partial charge in [0.25, 0.3) is 0 Å². The number of nitrogens with zero attached hydrogens (tertiary/aromatic N) is 2. The molecule has 2 rings (SSSR count). The molecule has 1 aliphatic carbocycles. The van der Waals surface area contributed by atoms with Gasteiger partial charge in [-0.25, -0.2) is 9.78 Å². The van der Waals surface area contributed by atoms with E-state index >= 15 is 0 Å². The molecule has 1 atom stereocenters. The standard InChI is InChI=1S/C14H21N3O3/c1-9(10-3-4-10)17(5-6-20-2)13-7-11(14(18)19)12(15)8-16-13/h7-10H,3-6,15H2,1-2H3,(H,18,19). The van der Waals surface area contributed by atoms with E-state index in [1.165, 1.54) is 19.0 Å². The van der Waals surface area contributed by atoms with Gasteiger partial charge in [-0.2, -0.15) is 0 Å². The second-order valence-electron chi connectivity index (χ2n) is 5.20. The van der Waals surface area contributed by atoms with Gasteiger partial charge in [0.05, 0.1) is 24.1 Å². The molecule has 1 saturated carbocycles. The molecule has 0 radical (unpaired) electrons. The summed E-state index contributed by atoms with van der Waals surface area (Å²) in [5.41, 5.74) is 5.94. The Hall–Kier alpha value is -1.82. The second-order valence-corrected chi connectivity index (χ2v) is 5.20. The van der Waals surface area contributed by atoms with E-state index in [0.29, 0.717) is 30.9 Å². The van der Waals surface area contributed by atoms with Gasteiger partial charge in [-0.1, -0.05) is 0 Å². The first-order valence-corrected chi connectivity index (χ1v) is 6.79. The molecule has 1 aromatic heterocycles. The summed E-state index contributed by atoms with van der Waals surface area (Å²) in [5.74, 6) is 0.268. The summed E-state index contributed by atoms with van der Waals surface area (Å²) in [6.07, 6.45) is 3.84. The Balaban J connectivity index is 2.27. The van der Waals surface area contributed by atoms with Gasteiger partial charge in [-0.3, -0.25) is 0 Å². The molecule has 1 fully saturated rings. The number of ether oxygens (including phenoxy) is 1. The fraction of sp³-hybridized carbons (Fsp3) is 0.571. The maximum absolute atomic E-state index is 11.2. The van der Waals surface area contributed by atoms with Gasteiger partial charge in [-0.05, 0) is 31.7 Å². The van der Waals surface area contributed by atoms with E-state index in [2.05, 4.69) is 16.8 Å². The summed E-state index contributed by atoms with van der Waals surface area (Å²) >= 11 is 0. The minimum absolute atomic E-state index is 0.0976. The lowest BCUT2D eigenvalue weighted by Crippen LogP contribution is -2.38. The molecular formula is C14H21N3O3. The highest BCUT2D eigenvalue weighted by atomic mass is 16.5. The number of nitrogens with two attached hydrogens (primary N) is 1. The van der Waals surface area contributed by atoms with Gasteiger partial charge in [0.1, 0.15) is 5.82 Å². The van der Waals surface area contributed by atoms with Gasteiger partial charge >= 0.3 is 5.97 Å². The highest BCUT2D eigenvalue weighted by molar-refractivity contribution is 5.94. The number of aromatic carboxylic acids is 1. The lowest BCUT2D eigenvalue weighted by atomic mass is 10.1. The number of hydrogen-bond acceptors (Lipinski definition) is 5. The van der Waals surface area contributed by atoms with Crippen LogP contribution in [0.2, 0.25) is 0 Å². The molecule has 0 saturated heterocycles. The average Bonchev–Trinajstić information content (AvgIpc) is 3.24. The molecule has 1 heterocycles. The van der Waals surface area contributed by atoms with Crippen molar-refractivity contribution in [1.29, 1.82) is 0 Å². The Morgan fingerprint density at radius 2 is 2.35 bits per heavy atom. The zero-order valence-corrected chi connectivity index (χ0v) is 11.9. The molecule has 0 amide bonds. The zero-order chi connectivity index (χ0) is 14.7. The highest BCUT2D eigenvalue weighted by Gasteiger charge is 2.32. The molecule has 0 aliphatic heterocycles. The number of methoxy groups -OCH3 is 1. The summed E-state index contributed by atoms with van der Waals surface area (Å²) in [6, 6.07) is 1.87. The number of nitrogen functional groups attached to an aromatic ring is 1. The lowest BCUT2D eigenvalue weighted by molar-refractivity contribution is 0.0698. The fourth-order valence-electron chi connectivity index (χ4n) is 2.35. The predicted octanol–water partition coefficient (Wildman–Crippen LogP) is 1.61. The quantitative estimate of drug-likeness (QED) is 0.788. The average molecular weight is 279 g/mol. The SMILES string of the molecule is COCCN(c1cc(C(=O)O)c(N)cn1)C(C)C1CC1. The molecule has 6 nitrogen and oxygen atoms in total. The third-order valence-electron chi connectivity index (χ3n) is 3.78. The van der Waals surface area contributed by atoms with Crippen LogP contribution >= 0.6 is 0 Å². The molecule has 0 aromatic carbocycles. The second kappa shape index (κ2) is 6.09. The maximum atomic E-state index is 11.2. The summed E-state index contributed by atoms with van der Waals surface area (Å²) in [7, 11) is 1.65. The molecule has 3 N–H and O–H groups in total. The van der Waals surface area contributed by atoms with Crippen molar-refractivity contribution in [1.82, 2.24) is 4.98 Å². The normalized spacial score (nSPS) is 15.9. The van der Waals surface area contributed by atoms with E-state index in [1.54, 1.807) is 13.2 Å². The summed E-state index contributed by atoms with van der Waals surface area (Å²) in [4.78, 5) is 17.6. The van der Waals surface area contributed by atoms with Crippen LogP contribution in [0.3, 0.4) is 0 Å². The van der Waals surface area contributed by atoms with E-state index < -0.39 is 5.97 Å². The van der Waals surface area contributed by atoms with Crippen molar-refractivity contribution in [3.63, 3.8) is 0 Å². The van der Waals surface area contributed by atoms with Crippen molar-refractivity contribution in [3.8, 4) is 0 Å². The number of aromatic nitrogens is 1. The molecule has 1 aliphatic rings. The Morgan fingerprint density at radius 1 is 1.65 bits per heavy atom. The van der Waals surface area contributed by atoms with Crippen molar-refractivity contribution in [2.45, 2.75) is 25.8 Å². The third-order valence-corrected chi connectivity index (χ3v) is 3.78. The Morgan fingerprint density at radius 3 is 2.90 bits per heavy atom. The van der Waals surface area contributed by atoms with Crippen LogP contribution in [0.25, 0.3) is 0 Å². The van der Waals surface area contributed by atoms with Crippen LogP contribution in [-0.4, -0.2) is 42.4 Å². The predicted molar refractivity (Wildman–Crippen MR) is 77.0 cm³/mol. The number of hydrogen-bond donors (Lipinski definition) is 2. The first-order valence-electron chi connectivity index (χ1n) is 6.79. The van der Waals surface area contributed by atoms with Gasteiger partial charge in [0.15, 0.2) is 0 Å². The van der Waals surface area contributed by atoms with E-state index in [4.69, 9.17) is 15.6 Å². The van der Waals surface area contributed by atoms with Crippen molar-refractivity contribution in [3.05, 3.63) is 17.8 Å². The monoisotopic (exact) mass is 279 g/mol. The van der Waals surface area contributed by atoms with Crippen molar-refractivity contribution >= 4 is 17.5 Å². The Kier molecular flexibility index (Phi) is 4.44. The summed E-state index contributed by atoms with van der Waals surface area (Å²) in [5, 5.41) is 9.16. The largest absolute Gasteiger partial charge is 0.478 e. The van der Waals surface area contributed by atoms with Crippen LogP contribution in [0, 0.1) is 5.92 Å². The maximum Gasteiger partial charge on any atom is 0.337 e. The minimum Gasteiger partial charge on any atom is -0.478 e. The number of anilines is 2. The van der Waals surface area contributed by atoms with Crippen molar-refractivity contribution in [2.75, 3.05) is 30.9 Å². The molecule has 6 heteroatoms. The molecule has 0 bridgehead atoms. The molecular weight excluding hydrogens is 258 g/mol. The van der Waals surface area contributed by atoms with E-state index in [-0.39, 0.29) is 11.3 Å². The van der Waals surface area contributed by atoms with Crippen LogP contribution in [-0.2, 0) is 4.74 Å². The Bertz CT molecular complexity index is 489. The van der Waals surface area contributed by atoms with Crippen LogP contribution in [0.15, 0.2) is 12.3 Å². The topological polar surface area (TPSA) is 88.7 Å². The molecule has 20 heavy (non-hydrogen) atoms. The van der Waals surface area contributed by atoms with E-state index in [0.717, 1.165) is 0 Å². The first-order chi connectivity index (χ1) is 9.54. The van der Waals surface area contributed by atoms with Crippen molar-refractivity contribution < 1.29 is 14.6 Å². The number of rotatable bonds is 7. The molecule has 1 unspecified atom stereocenters. The van der Waals surface area contributed by atoms with Crippen molar-refractivity contribution in [2.24, 2.45) is 5.92 Å². The van der Waals surface area contributed by atoms with Crippen LogP contribution in [0.4, 0.5) is 11.5 Å². The summed E-state index contributed by atoms with van der Waals surface area (Å²) in [6.45, 7) is 3.40. The molecule has 0 spiro atoms. The van der Waals surface area contributed by atoms with Gasteiger partial charge in [0.2, 0.25) is 0 Å². The van der Waals surface area contributed by atoms with Crippen LogP contribution in [0.1, 0.15) is 30.1 Å². The smallest absolute Gasteiger partial charge is 0.337 e. The Labute approximate surface area is 118 Å². The van der Waals surface area contributed by atoms with Gasteiger partial charge in [0, 0.05) is 19.7 Å². The lowest BCUT2D eigenvalue weighted by Gasteiger charge is -2.30. The minimum atomic E-state index is -1.03. The number of carboxylic acid groups (broad SMARTS) is 1. The molecule has 1 aromatic rings. The molecule has 110 valence electrons. The number of carbonyl (C=O) groups is 1. The van der Waals surface area contributed by atoms with E-state index in [9.17, 15) is 4.79 Å². The summed E-state index contributed by atoms with van der Waals surface area (Å²) < 4.78 is 5.14.